The van der Waals surface area contributed by atoms with Gasteiger partial charge in [0.15, 0.2) is 4.80 Å². The van der Waals surface area contributed by atoms with Gasteiger partial charge in [0.2, 0.25) is 0 Å². The molecule has 38 heavy (non-hydrogen) atoms. The van der Waals surface area contributed by atoms with Crippen molar-refractivity contribution in [3.05, 3.63) is 109 Å². The number of nitrogens with zero attached hydrogens (tertiary/aromatic N) is 4. The van der Waals surface area contributed by atoms with E-state index in [-0.39, 0.29) is 12.2 Å². The topological polar surface area (TPSA) is 68.8 Å². The number of hydrogen-bond donors (Lipinski definition) is 0. The Morgan fingerprint density at radius 3 is 2.61 bits per heavy atom. The number of aromatic nitrogens is 2. The number of anilines is 1. The monoisotopic (exact) mass is 526 g/mol. The van der Waals surface area contributed by atoms with Gasteiger partial charge in [0.25, 0.3) is 5.56 Å². The van der Waals surface area contributed by atoms with Crippen molar-refractivity contribution >= 4 is 40.0 Å². The molecule has 0 radical (unpaired) electrons. The first kappa shape index (κ1) is 25.5. The summed E-state index contributed by atoms with van der Waals surface area (Å²) in [5.74, 6) is -0.461. The minimum Gasteiger partial charge on any atom is -0.463 e. The van der Waals surface area contributed by atoms with E-state index in [2.05, 4.69) is 28.3 Å². The van der Waals surface area contributed by atoms with E-state index in [9.17, 15) is 9.59 Å². The molecule has 7 nitrogen and oxygen atoms in total. The second-order valence-corrected chi connectivity index (χ2v) is 10.3. The summed E-state index contributed by atoms with van der Waals surface area (Å²) >= 11 is 1.33. The van der Waals surface area contributed by atoms with E-state index in [4.69, 9.17) is 4.74 Å². The molecule has 1 atom stereocenters. The summed E-state index contributed by atoms with van der Waals surface area (Å²) in [6, 6.07) is 15.4. The Morgan fingerprint density at radius 1 is 1.18 bits per heavy atom. The van der Waals surface area contributed by atoms with Gasteiger partial charge in [0.05, 0.1) is 28.5 Å². The van der Waals surface area contributed by atoms with Gasteiger partial charge in [-0.3, -0.25) is 9.36 Å². The maximum Gasteiger partial charge on any atom is 0.338 e. The quantitative estimate of drug-likeness (QED) is 0.270. The zero-order chi connectivity index (χ0) is 27.0. The molecule has 0 amide bonds. The van der Waals surface area contributed by atoms with Crippen LogP contribution in [0.25, 0.3) is 17.0 Å². The van der Waals surface area contributed by atoms with Crippen LogP contribution in [-0.2, 0) is 16.1 Å². The largest absolute Gasteiger partial charge is 0.463 e. The lowest BCUT2D eigenvalue weighted by Gasteiger charge is -2.25. The first-order chi connectivity index (χ1) is 18.3. The summed E-state index contributed by atoms with van der Waals surface area (Å²) in [7, 11) is 3.94. The second kappa shape index (κ2) is 10.3. The van der Waals surface area contributed by atoms with Crippen molar-refractivity contribution in [3.63, 3.8) is 0 Å². The molecule has 4 aromatic rings. The standard InChI is InChI=1S/C30H30N4O3S/c1-6-16-33-18-21(23-10-8-9-11-24(23)33)17-25-28(35)34-27(20-12-14-22(15-13-20)32(4)5)26(29(36)37-7-2)19(3)31-30(34)38-25/h6,8-15,17-18,27H,1,7,16H2,2-5H3/b25-17+. The molecule has 0 bridgehead atoms. The summed E-state index contributed by atoms with van der Waals surface area (Å²) in [6.45, 7) is 8.34. The van der Waals surface area contributed by atoms with Crippen molar-refractivity contribution in [2.24, 2.45) is 4.99 Å². The van der Waals surface area contributed by atoms with E-state index in [1.54, 1.807) is 18.4 Å². The zero-order valence-electron chi connectivity index (χ0n) is 22.0. The summed E-state index contributed by atoms with van der Waals surface area (Å²) in [4.78, 5) is 34.3. The molecule has 0 fully saturated rings. The Bertz CT molecular complexity index is 1750. The molecule has 3 heterocycles. The van der Waals surface area contributed by atoms with Gasteiger partial charge in [-0.15, -0.1) is 6.58 Å². The van der Waals surface area contributed by atoms with Crippen molar-refractivity contribution in [3.8, 4) is 0 Å². The Balaban J connectivity index is 1.72. The van der Waals surface area contributed by atoms with Crippen molar-refractivity contribution in [2.45, 2.75) is 26.4 Å². The smallest absolute Gasteiger partial charge is 0.338 e. The van der Waals surface area contributed by atoms with Gasteiger partial charge in [-0.1, -0.05) is 47.7 Å². The van der Waals surface area contributed by atoms with Crippen molar-refractivity contribution in [1.29, 1.82) is 0 Å². The van der Waals surface area contributed by atoms with Crippen LogP contribution in [0, 0.1) is 0 Å². The predicted octanol–water partition coefficient (Wildman–Crippen LogP) is 4.01. The highest BCUT2D eigenvalue weighted by Crippen LogP contribution is 2.31. The van der Waals surface area contributed by atoms with E-state index in [0.29, 0.717) is 27.1 Å². The predicted molar refractivity (Wildman–Crippen MR) is 153 cm³/mol. The number of carbonyl (C=O) groups is 1. The van der Waals surface area contributed by atoms with Crippen LogP contribution < -0.4 is 19.8 Å². The normalized spacial score (nSPS) is 15.4. The molecule has 0 saturated heterocycles. The third-order valence-electron chi connectivity index (χ3n) is 6.67. The van der Waals surface area contributed by atoms with Gasteiger partial charge < -0.3 is 14.2 Å². The molecule has 5 rings (SSSR count). The SMILES string of the molecule is C=CCn1cc(/C=c2/sc3n(c2=O)C(c2ccc(N(C)C)cc2)C(C(=O)OCC)=C(C)N=3)c2ccccc21. The van der Waals surface area contributed by atoms with E-state index < -0.39 is 12.0 Å². The molecule has 2 aromatic carbocycles. The number of thiazole rings is 1. The van der Waals surface area contributed by atoms with Crippen molar-refractivity contribution < 1.29 is 9.53 Å². The van der Waals surface area contributed by atoms with Gasteiger partial charge in [0.1, 0.15) is 0 Å². The Hall–Kier alpha value is -4.17. The molecule has 194 valence electrons. The molecule has 0 N–H and O–H groups in total. The van der Waals surface area contributed by atoms with Crippen LogP contribution in [0.2, 0.25) is 0 Å². The summed E-state index contributed by atoms with van der Waals surface area (Å²) < 4.78 is 9.70. The van der Waals surface area contributed by atoms with Crippen molar-refractivity contribution in [2.75, 3.05) is 25.6 Å². The highest BCUT2D eigenvalue weighted by molar-refractivity contribution is 7.07. The molecular weight excluding hydrogens is 496 g/mol. The first-order valence-corrected chi connectivity index (χ1v) is 13.3. The molecule has 1 aliphatic heterocycles. The third kappa shape index (κ3) is 4.41. The van der Waals surface area contributed by atoms with Crippen LogP contribution in [0.1, 0.15) is 31.0 Å². The minimum atomic E-state index is -0.634. The van der Waals surface area contributed by atoms with Gasteiger partial charge in [-0.25, -0.2) is 9.79 Å². The molecule has 2 aromatic heterocycles. The van der Waals surface area contributed by atoms with Gasteiger partial charge in [-0.05, 0) is 43.7 Å². The maximum atomic E-state index is 14.0. The lowest BCUT2D eigenvalue weighted by Crippen LogP contribution is -2.39. The van der Waals surface area contributed by atoms with Crippen LogP contribution in [0.15, 0.2) is 88.4 Å². The number of ether oxygens (including phenoxy) is 1. The zero-order valence-corrected chi connectivity index (χ0v) is 22.8. The average Bonchev–Trinajstić information content (AvgIpc) is 3.40. The highest BCUT2D eigenvalue weighted by Gasteiger charge is 2.33. The fourth-order valence-corrected chi connectivity index (χ4v) is 5.92. The summed E-state index contributed by atoms with van der Waals surface area (Å²) in [5.41, 5.74) is 4.61. The number of carbonyl (C=O) groups excluding carboxylic acids is 1. The van der Waals surface area contributed by atoms with Crippen LogP contribution >= 0.6 is 11.3 Å². The van der Waals surface area contributed by atoms with Crippen molar-refractivity contribution in [1.82, 2.24) is 9.13 Å². The molecule has 1 unspecified atom stereocenters. The lowest BCUT2D eigenvalue weighted by atomic mass is 9.95. The third-order valence-corrected chi connectivity index (χ3v) is 7.66. The number of rotatable bonds is 7. The van der Waals surface area contributed by atoms with Crippen LogP contribution in [0.3, 0.4) is 0 Å². The maximum absolute atomic E-state index is 14.0. The number of para-hydroxylation sites is 1. The van der Waals surface area contributed by atoms with Crippen LogP contribution in [0.5, 0.6) is 0 Å². The molecule has 0 saturated carbocycles. The number of allylic oxidation sites excluding steroid dienone is 2. The average molecular weight is 527 g/mol. The Kier molecular flexibility index (Phi) is 6.91. The fraction of sp³-hybridized carbons (Fsp3) is 0.233. The van der Waals surface area contributed by atoms with Crippen LogP contribution in [0.4, 0.5) is 5.69 Å². The molecule has 1 aliphatic rings. The second-order valence-electron chi connectivity index (χ2n) is 9.33. The van der Waals surface area contributed by atoms with E-state index in [1.165, 1.54) is 11.3 Å². The molecule has 0 aliphatic carbocycles. The summed E-state index contributed by atoms with van der Waals surface area (Å²) in [5, 5.41) is 1.06. The first-order valence-electron chi connectivity index (χ1n) is 12.5. The Morgan fingerprint density at radius 2 is 1.92 bits per heavy atom. The molecule has 0 spiro atoms. The number of esters is 1. The highest BCUT2D eigenvalue weighted by atomic mass is 32.1. The lowest BCUT2D eigenvalue weighted by molar-refractivity contribution is -0.139. The van der Waals surface area contributed by atoms with Crippen LogP contribution in [-0.4, -0.2) is 35.8 Å². The van der Waals surface area contributed by atoms with E-state index >= 15 is 0 Å². The molecule has 8 heteroatoms. The van der Waals surface area contributed by atoms with Gasteiger partial charge >= 0.3 is 5.97 Å². The summed E-state index contributed by atoms with van der Waals surface area (Å²) in [6.07, 6.45) is 5.81. The molecular formula is C30H30N4O3S. The number of benzene rings is 2. The number of fused-ring (bicyclic) bond motifs is 2. The Labute approximate surface area is 224 Å². The van der Waals surface area contributed by atoms with E-state index in [0.717, 1.165) is 27.7 Å². The van der Waals surface area contributed by atoms with Gasteiger partial charge in [0, 0.05) is 49.0 Å². The minimum absolute atomic E-state index is 0.190. The fourth-order valence-electron chi connectivity index (χ4n) is 4.88. The van der Waals surface area contributed by atoms with E-state index in [1.807, 2.05) is 73.7 Å². The van der Waals surface area contributed by atoms with Gasteiger partial charge in [-0.2, -0.15) is 0 Å². The number of hydrogen-bond acceptors (Lipinski definition) is 6.